The van der Waals surface area contributed by atoms with Crippen LogP contribution >= 0.6 is 11.3 Å². The summed E-state index contributed by atoms with van der Waals surface area (Å²) in [5.74, 6) is -0.187. The van der Waals surface area contributed by atoms with E-state index in [1.807, 2.05) is 0 Å². The van der Waals surface area contributed by atoms with Crippen molar-refractivity contribution in [3.8, 4) is 0 Å². The minimum Gasteiger partial charge on any atom is -0.324 e. The Morgan fingerprint density at radius 2 is 1.77 bits per heavy atom. The molecule has 2 aromatic rings. The molecule has 1 aliphatic rings. The van der Waals surface area contributed by atoms with Gasteiger partial charge in [-0.25, -0.2) is 8.42 Å². The summed E-state index contributed by atoms with van der Waals surface area (Å²) in [5, 5.41) is 4.83. The molecule has 1 fully saturated rings. The number of carbonyl (C=O) groups is 1. The van der Waals surface area contributed by atoms with Crippen LogP contribution in [0.3, 0.4) is 0 Å². The third-order valence-corrected chi connectivity index (χ3v) is 6.37. The average Bonchev–Trinajstić information content (AvgIpc) is 3.09. The van der Waals surface area contributed by atoms with Gasteiger partial charge >= 0.3 is 0 Å². The molecule has 0 aliphatic carbocycles. The van der Waals surface area contributed by atoms with Gasteiger partial charge in [-0.15, -0.1) is 11.3 Å². The van der Waals surface area contributed by atoms with Crippen LogP contribution < -0.4 is 5.32 Å². The van der Waals surface area contributed by atoms with Crippen molar-refractivity contribution in [2.45, 2.75) is 11.4 Å². The van der Waals surface area contributed by atoms with Crippen LogP contribution in [0.15, 0.2) is 46.7 Å². The van der Waals surface area contributed by atoms with Crippen molar-refractivity contribution in [3.05, 3.63) is 46.7 Å². The second-order valence-corrected chi connectivity index (χ2v) is 9.46. The third kappa shape index (κ3) is 5.14. The third-order valence-electron chi connectivity index (χ3n) is 4.35. The fourth-order valence-electron chi connectivity index (χ4n) is 3.01. The zero-order valence-corrected chi connectivity index (χ0v) is 16.4. The number of carbonyl (C=O) groups excluding carboxylic acids is 1. The minimum absolute atomic E-state index is 0.147. The molecule has 1 amide bonds. The van der Waals surface area contributed by atoms with E-state index in [9.17, 15) is 13.2 Å². The van der Waals surface area contributed by atoms with Gasteiger partial charge in [0.1, 0.15) is 0 Å². The lowest BCUT2D eigenvalue weighted by atomic mass is 10.3. The number of piperazine rings is 1. The van der Waals surface area contributed by atoms with Crippen molar-refractivity contribution in [3.63, 3.8) is 0 Å². The number of sulfone groups is 1. The van der Waals surface area contributed by atoms with Crippen molar-refractivity contribution in [2.24, 2.45) is 0 Å². The minimum atomic E-state index is -3.38. The number of hydrogen-bond acceptors (Lipinski definition) is 6. The largest absolute Gasteiger partial charge is 0.324 e. The SMILES string of the molecule is CS(=O)(=O)c1ccccc1NC(=O)CN1CCN(Cc2cccs2)CC1. The number of rotatable bonds is 6. The molecule has 1 aromatic heterocycles. The summed E-state index contributed by atoms with van der Waals surface area (Å²) in [5.41, 5.74) is 0.344. The first-order valence-corrected chi connectivity index (χ1v) is 11.2. The maximum absolute atomic E-state index is 12.3. The Morgan fingerprint density at radius 3 is 2.42 bits per heavy atom. The van der Waals surface area contributed by atoms with Gasteiger partial charge < -0.3 is 5.32 Å². The number of anilines is 1. The normalized spacial score (nSPS) is 16.5. The van der Waals surface area contributed by atoms with E-state index in [-0.39, 0.29) is 17.3 Å². The van der Waals surface area contributed by atoms with Gasteiger partial charge in [0, 0.05) is 43.9 Å². The Balaban J connectivity index is 1.51. The fraction of sp³-hybridized carbons (Fsp3) is 0.389. The van der Waals surface area contributed by atoms with Crippen molar-refractivity contribution in [1.82, 2.24) is 9.80 Å². The topological polar surface area (TPSA) is 69.7 Å². The second-order valence-electron chi connectivity index (χ2n) is 6.45. The van der Waals surface area contributed by atoms with Gasteiger partial charge in [-0.05, 0) is 23.6 Å². The van der Waals surface area contributed by atoms with Gasteiger partial charge in [-0.3, -0.25) is 14.6 Å². The number of nitrogens with zero attached hydrogens (tertiary/aromatic N) is 2. The van der Waals surface area contributed by atoms with E-state index < -0.39 is 9.84 Å². The molecule has 6 nitrogen and oxygen atoms in total. The molecular formula is C18H23N3O3S2. The highest BCUT2D eigenvalue weighted by Gasteiger charge is 2.20. The maximum atomic E-state index is 12.3. The highest BCUT2D eigenvalue weighted by atomic mass is 32.2. The zero-order chi connectivity index (χ0) is 18.6. The summed E-state index contributed by atoms with van der Waals surface area (Å²) < 4.78 is 23.7. The van der Waals surface area contributed by atoms with Crippen LogP contribution in [0.1, 0.15) is 4.88 Å². The number of hydrogen-bond donors (Lipinski definition) is 1. The van der Waals surface area contributed by atoms with Gasteiger partial charge in [0.2, 0.25) is 5.91 Å². The molecule has 0 spiro atoms. The summed E-state index contributed by atoms with van der Waals surface area (Å²) >= 11 is 1.76. The van der Waals surface area contributed by atoms with Gasteiger partial charge in [0.15, 0.2) is 9.84 Å². The quantitative estimate of drug-likeness (QED) is 0.812. The van der Waals surface area contributed by atoms with Crippen LogP contribution in [0.2, 0.25) is 0 Å². The molecule has 0 saturated carbocycles. The molecular weight excluding hydrogens is 370 g/mol. The van der Waals surface area contributed by atoms with E-state index in [0.717, 1.165) is 39.0 Å². The summed E-state index contributed by atoms with van der Waals surface area (Å²) in [6.45, 7) is 4.72. The Bertz CT molecular complexity index is 842. The standard InChI is InChI=1S/C18H23N3O3S2/c1-26(23,24)17-7-3-2-6-16(17)19-18(22)14-21-10-8-20(9-11-21)13-15-5-4-12-25-15/h2-7,12H,8-11,13-14H2,1H3,(H,19,22). The summed E-state index contributed by atoms with van der Waals surface area (Å²) in [7, 11) is -3.38. The Morgan fingerprint density at radius 1 is 1.08 bits per heavy atom. The van der Waals surface area contributed by atoms with Gasteiger partial charge in [-0.2, -0.15) is 0 Å². The molecule has 2 heterocycles. The number of amides is 1. The lowest BCUT2D eigenvalue weighted by Gasteiger charge is -2.34. The number of nitrogens with one attached hydrogen (secondary N) is 1. The maximum Gasteiger partial charge on any atom is 0.238 e. The first-order valence-electron chi connectivity index (χ1n) is 8.48. The monoisotopic (exact) mass is 393 g/mol. The molecule has 0 atom stereocenters. The van der Waals surface area contributed by atoms with Crippen LogP contribution in [-0.4, -0.2) is 63.1 Å². The molecule has 1 N–H and O–H groups in total. The van der Waals surface area contributed by atoms with Crippen LogP contribution in [0, 0.1) is 0 Å². The Kier molecular flexibility index (Phi) is 6.08. The van der Waals surface area contributed by atoms with Gasteiger partial charge in [0.05, 0.1) is 17.1 Å². The second kappa shape index (κ2) is 8.30. The first kappa shape index (κ1) is 19.0. The van der Waals surface area contributed by atoms with E-state index in [1.165, 1.54) is 10.9 Å². The van der Waals surface area contributed by atoms with E-state index in [4.69, 9.17) is 0 Å². The predicted octanol–water partition coefficient (Wildman–Crippen LogP) is 1.91. The highest BCUT2D eigenvalue weighted by molar-refractivity contribution is 7.90. The van der Waals surface area contributed by atoms with Crippen LogP contribution in [0.4, 0.5) is 5.69 Å². The zero-order valence-electron chi connectivity index (χ0n) is 14.7. The molecule has 8 heteroatoms. The fourth-order valence-corrected chi connectivity index (χ4v) is 4.60. The summed E-state index contributed by atoms with van der Waals surface area (Å²) in [6, 6.07) is 10.7. The molecule has 0 unspecified atom stereocenters. The Labute approximate surface area is 158 Å². The highest BCUT2D eigenvalue weighted by Crippen LogP contribution is 2.20. The van der Waals surface area contributed by atoms with Crippen molar-refractivity contribution in [2.75, 3.05) is 44.3 Å². The van der Waals surface area contributed by atoms with Crippen LogP contribution in [-0.2, 0) is 21.2 Å². The molecule has 1 aliphatic heterocycles. The van der Waals surface area contributed by atoms with E-state index in [0.29, 0.717) is 5.69 Å². The number of benzene rings is 1. The van der Waals surface area contributed by atoms with E-state index >= 15 is 0 Å². The smallest absolute Gasteiger partial charge is 0.238 e. The molecule has 1 saturated heterocycles. The van der Waals surface area contributed by atoms with Gasteiger partial charge in [-0.1, -0.05) is 18.2 Å². The lowest BCUT2D eigenvalue weighted by Crippen LogP contribution is -2.48. The van der Waals surface area contributed by atoms with Crippen molar-refractivity contribution < 1.29 is 13.2 Å². The van der Waals surface area contributed by atoms with Crippen LogP contribution in [0.25, 0.3) is 0 Å². The van der Waals surface area contributed by atoms with Crippen molar-refractivity contribution >= 4 is 32.8 Å². The molecule has 1 aromatic carbocycles. The van der Waals surface area contributed by atoms with E-state index in [1.54, 1.807) is 29.5 Å². The predicted molar refractivity (Wildman–Crippen MR) is 104 cm³/mol. The molecule has 0 bridgehead atoms. The average molecular weight is 394 g/mol. The molecule has 140 valence electrons. The van der Waals surface area contributed by atoms with E-state index in [2.05, 4.69) is 32.6 Å². The summed E-state index contributed by atoms with van der Waals surface area (Å²) in [4.78, 5) is 18.3. The van der Waals surface area contributed by atoms with Gasteiger partial charge in [0.25, 0.3) is 0 Å². The number of para-hydroxylation sites is 1. The molecule has 0 radical (unpaired) electrons. The van der Waals surface area contributed by atoms with Crippen molar-refractivity contribution in [1.29, 1.82) is 0 Å². The first-order chi connectivity index (χ1) is 12.4. The Hall–Kier alpha value is -1.74. The van der Waals surface area contributed by atoms with Crippen LogP contribution in [0.5, 0.6) is 0 Å². The summed E-state index contributed by atoms with van der Waals surface area (Å²) in [6.07, 6.45) is 1.14. The number of thiophene rings is 1. The molecule has 3 rings (SSSR count). The molecule has 26 heavy (non-hydrogen) atoms. The lowest BCUT2D eigenvalue weighted by molar-refractivity contribution is -0.117.